The predicted octanol–water partition coefficient (Wildman–Crippen LogP) is 2.52. The number of nitrogens with zero attached hydrogens (tertiary/aromatic N) is 1. The molecule has 0 amide bonds. The second-order valence-corrected chi connectivity index (χ2v) is 4.77. The molecule has 0 spiro atoms. The molecule has 2 aliphatic heterocycles. The Labute approximate surface area is 80.4 Å². The Kier molecular flexibility index (Phi) is 1.42. The molecular formula is C11H21N. The lowest BCUT2D eigenvalue weighted by Gasteiger charge is -2.38. The Hall–Kier alpha value is -0.0400. The van der Waals surface area contributed by atoms with Crippen molar-refractivity contribution in [1.29, 1.82) is 0 Å². The topological polar surface area (TPSA) is 3.24 Å². The highest BCUT2D eigenvalue weighted by Gasteiger charge is 2.38. The molecule has 2 fully saturated rings. The van der Waals surface area contributed by atoms with Crippen LogP contribution in [-0.4, -0.2) is 24.0 Å². The van der Waals surface area contributed by atoms with E-state index in [0.29, 0.717) is 18.0 Å². The van der Waals surface area contributed by atoms with Gasteiger partial charge in [0, 0.05) is 16.2 Å². The summed E-state index contributed by atoms with van der Waals surface area (Å²) in [5.74, 6) is 1.44. The zero-order chi connectivity index (χ0) is 11.2. The van der Waals surface area contributed by atoms with Crippen LogP contribution in [0.15, 0.2) is 0 Å². The third-order valence-corrected chi connectivity index (χ3v) is 3.71. The molecule has 2 bridgehead atoms. The smallest absolute Gasteiger partial charge is 0.0394 e. The van der Waals surface area contributed by atoms with Crippen molar-refractivity contribution in [2.45, 2.75) is 51.6 Å². The maximum absolute atomic E-state index is 7.56. The van der Waals surface area contributed by atoms with E-state index in [0.717, 1.165) is 31.6 Å². The van der Waals surface area contributed by atoms with Crippen LogP contribution in [0.5, 0.6) is 0 Å². The summed E-state index contributed by atoms with van der Waals surface area (Å²) in [7, 11) is 0. The van der Waals surface area contributed by atoms with Gasteiger partial charge in [-0.15, -0.1) is 0 Å². The average molecular weight is 170 g/mol. The normalized spacial score (nSPS) is 47.2. The lowest BCUT2D eigenvalue weighted by atomic mass is 9.83. The van der Waals surface area contributed by atoms with Crippen molar-refractivity contribution in [3.05, 3.63) is 0 Å². The van der Waals surface area contributed by atoms with Crippen molar-refractivity contribution in [2.24, 2.45) is 11.8 Å². The van der Waals surface area contributed by atoms with Gasteiger partial charge in [0.05, 0.1) is 0 Å². The van der Waals surface area contributed by atoms with E-state index in [-0.39, 0.29) is 0 Å². The zero-order valence-electron chi connectivity index (χ0n) is 11.1. The molecule has 12 heavy (non-hydrogen) atoms. The highest BCUT2D eigenvalue weighted by atomic mass is 15.2. The molecule has 0 saturated carbocycles. The summed E-state index contributed by atoms with van der Waals surface area (Å²) in [6.07, 6.45) is 4.36. The molecule has 1 nitrogen and oxygen atoms in total. The molecule has 0 radical (unpaired) electrons. The number of rotatable bonds is 1. The Morgan fingerprint density at radius 1 is 1.25 bits per heavy atom. The van der Waals surface area contributed by atoms with Gasteiger partial charge in [0.25, 0.3) is 0 Å². The molecule has 3 atom stereocenters. The van der Waals surface area contributed by atoms with E-state index in [4.69, 9.17) is 4.11 Å². The van der Waals surface area contributed by atoms with Gasteiger partial charge in [-0.3, -0.25) is 0 Å². The van der Waals surface area contributed by atoms with Crippen LogP contribution in [0.1, 0.15) is 43.6 Å². The monoisotopic (exact) mass is 170 g/mol. The third-order valence-electron chi connectivity index (χ3n) is 3.71. The van der Waals surface area contributed by atoms with Crippen LogP contribution in [0.2, 0.25) is 0 Å². The van der Waals surface area contributed by atoms with Gasteiger partial charge in [-0.05, 0) is 44.5 Å². The molecule has 0 aromatic heterocycles. The predicted molar refractivity (Wildman–Crippen MR) is 52.1 cm³/mol. The quantitative estimate of drug-likeness (QED) is 0.584. The Balaban J connectivity index is 2.10. The molecule has 0 N–H and O–H groups in total. The van der Waals surface area contributed by atoms with E-state index >= 15 is 0 Å². The number of hydrogen-bond acceptors (Lipinski definition) is 1. The number of hydrogen-bond donors (Lipinski definition) is 0. The fraction of sp³-hybridized carbons (Fsp3) is 1.00. The molecule has 1 unspecified atom stereocenters. The van der Waals surface area contributed by atoms with Crippen molar-refractivity contribution < 1.29 is 4.11 Å². The third kappa shape index (κ3) is 1.28. The van der Waals surface area contributed by atoms with Gasteiger partial charge in [-0.1, -0.05) is 13.8 Å². The first-order valence-electron chi connectivity index (χ1n) is 6.68. The largest absolute Gasteiger partial charge is 0.300 e. The molecule has 2 heterocycles. The SMILES string of the molecule is [2H]C([2H])([2H])N1[C@@H]2CC[C@H]1CC(C(C)C)C2. The first-order chi connectivity index (χ1) is 6.89. The molecule has 1 heteroatoms. The summed E-state index contributed by atoms with van der Waals surface area (Å²) >= 11 is 0. The van der Waals surface area contributed by atoms with Crippen molar-refractivity contribution >= 4 is 0 Å². The average Bonchev–Trinajstić information content (AvgIpc) is 2.37. The highest BCUT2D eigenvalue weighted by molar-refractivity contribution is 4.93. The van der Waals surface area contributed by atoms with Crippen LogP contribution in [0, 0.1) is 11.8 Å². The van der Waals surface area contributed by atoms with E-state index in [9.17, 15) is 0 Å². The minimum absolute atomic E-state index is 0.323. The fourth-order valence-corrected chi connectivity index (χ4v) is 2.76. The maximum atomic E-state index is 7.56. The van der Waals surface area contributed by atoms with Crippen molar-refractivity contribution in [1.82, 2.24) is 4.90 Å². The summed E-state index contributed by atoms with van der Waals surface area (Å²) < 4.78 is 22.7. The van der Waals surface area contributed by atoms with Gasteiger partial charge in [0.1, 0.15) is 0 Å². The Morgan fingerprint density at radius 3 is 2.25 bits per heavy atom. The first kappa shape index (κ1) is 5.64. The zero-order valence-corrected chi connectivity index (χ0v) is 8.09. The van der Waals surface area contributed by atoms with Gasteiger partial charge in [0.2, 0.25) is 0 Å². The molecule has 2 saturated heterocycles. The summed E-state index contributed by atoms with van der Waals surface area (Å²) in [6, 6.07) is 0.646. The maximum Gasteiger partial charge on any atom is 0.0394 e. The lowest BCUT2D eigenvalue weighted by molar-refractivity contribution is 0.111. The van der Waals surface area contributed by atoms with E-state index in [2.05, 4.69) is 13.8 Å². The van der Waals surface area contributed by atoms with Crippen molar-refractivity contribution in [3.63, 3.8) is 0 Å². The molecule has 0 aromatic rings. The molecule has 2 rings (SSSR count). The summed E-state index contributed by atoms with van der Waals surface area (Å²) in [5.41, 5.74) is 0. The van der Waals surface area contributed by atoms with Gasteiger partial charge >= 0.3 is 0 Å². The van der Waals surface area contributed by atoms with Crippen LogP contribution in [0.25, 0.3) is 0 Å². The Morgan fingerprint density at radius 2 is 1.83 bits per heavy atom. The van der Waals surface area contributed by atoms with Gasteiger partial charge in [-0.2, -0.15) is 0 Å². The Bertz CT molecular complexity index is 222. The lowest BCUT2D eigenvalue weighted by Crippen LogP contribution is -2.41. The second kappa shape index (κ2) is 3.02. The van der Waals surface area contributed by atoms with Gasteiger partial charge < -0.3 is 4.90 Å². The van der Waals surface area contributed by atoms with E-state index in [1.807, 2.05) is 4.90 Å². The molecule has 0 aliphatic carbocycles. The minimum Gasteiger partial charge on any atom is -0.300 e. The van der Waals surface area contributed by atoms with Crippen molar-refractivity contribution in [2.75, 3.05) is 6.98 Å². The molecule has 70 valence electrons. The van der Waals surface area contributed by atoms with Crippen LogP contribution >= 0.6 is 0 Å². The molecule has 0 aromatic carbocycles. The first-order valence-corrected chi connectivity index (χ1v) is 5.18. The number of fused-ring (bicyclic) bond motifs is 2. The van der Waals surface area contributed by atoms with E-state index in [1.54, 1.807) is 0 Å². The van der Waals surface area contributed by atoms with Gasteiger partial charge in [-0.25, -0.2) is 0 Å². The van der Waals surface area contributed by atoms with Crippen LogP contribution < -0.4 is 0 Å². The number of piperidine rings is 1. The van der Waals surface area contributed by atoms with Gasteiger partial charge in [0.15, 0.2) is 0 Å². The van der Waals surface area contributed by atoms with E-state index in [1.165, 1.54) is 0 Å². The summed E-state index contributed by atoms with van der Waals surface area (Å²) in [5, 5.41) is 0. The molecule has 2 aliphatic rings. The standard InChI is InChI=1S/C11H21N/c1-8(2)9-6-10-4-5-11(7-9)12(10)3/h8-11H,4-7H2,1-3H3/t9?,10-,11+/i3D3. The minimum atomic E-state index is -1.87. The van der Waals surface area contributed by atoms with Crippen LogP contribution in [0.4, 0.5) is 0 Å². The van der Waals surface area contributed by atoms with E-state index < -0.39 is 6.98 Å². The fourth-order valence-electron chi connectivity index (χ4n) is 2.76. The second-order valence-electron chi connectivity index (χ2n) is 4.77. The van der Waals surface area contributed by atoms with Crippen LogP contribution in [0.3, 0.4) is 0 Å². The molecular weight excluding hydrogens is 146 g/mol. The highest BCUT2D eigenvalue weighted by Crippen LogP contribution is 2.39. The summed E-state index contributed by atoms with van der Waals surface area (Å²) in [4.78, 5) is 1.81. The summed E-state index contributed by atoms with van der Waals surface area (Å²) in [6.45, 7) is 2.65. The van der Waals surface area contributed by atoms with Crippen molar-refractivity contribution in [3.8, 4) is 0 Å². The van der Waals surface area contributed by atoms with Crippen LogP contribution in [-0.2, 0) is 0 Å².